The number of carbonyl (C=O) groups excluding carboxylic acids is 2. The zero-order chi connectivity index (χ0) is 22.2. The van der Waals surface area contributed by atoms with Gasteiger partial charge in [0.05, 0.1) is 25.3 Å². The minimum Gasteiger partial charge on any atom is -0.359 e. The summed E-state index contributed by atoms with van der Waals surface area (Å²) in [4.78, 5) is 30.2. The van der Waals surface area contributed by atoms with Gasteiger partial charge in [-0.1, -0.05) is 31.1 Å². The number of rotatable bonds is 7. The van der Waals surface area contributed by atoms with E-state index in [2.05, 4.69) is 39.9 Å². The summed E-state index contributed by atoms with van der Waals surface area (Å²) in [6.45, 7) is 8.95. The number of hydrogen-bond acceptors (Lipinski definition) is 5. The van der Waals surface area contributed by atoms with E-state index in [9.17, 15) is 9.59 Å². The van der Waals surface area contributed by atoms with Crippen LogP contribution >= 0.6 is 24.0 Å². The second-order valence-electron chi connectivity index (χ2n) is 7.70. The lowest BCUT2D eigenvalue weighted by Crippen LogP contribution is -2.49. The van der Waals surface area contributed by atoms with E-state index < -0.39 is 0 Å². The van der Waals surface area contributed by atoms with Crippen LogP contribution in [0, 0.1) is 0 Å². The molecule has 1 aliphatic rings. The summed E-state index contributed by atoms with van der Waals surface area (Å²) in [5.74, 6) is 1.49. The molecule has 9 nitrogen and oxygen atoms in total. The van der Waals surface area contributed by atoms with Crippen LogP contribution in [0.2, 0.25) is 0 Å². The molecule has 1 aromatic carbocycles. The van der Waals surface area contributed by atoms with Crippen LogP contribution in [0.25, 0.3) is 0 Å². The van der Waals surface area contributed by atoms with E-state index in [-0.39, 0.29) is 42.3 Å². The molecule has 3 rings (SSSR count). The molecule has 0 radical (unpaired) electrons. The van der Waals surface area contributed by atoms with Gasteiger partial charge in [-0.25, -0.2) is 4.99 Å². The Kier molecular flexibility index (Phi) is 9.95. The van der Waals surface area contributed by atoms with E-state index in [4.69, 9.17) is 4.52 Å². The van der Waals surface area contributed by atoms with Crippen LogP contribution in [0.3, 0.4) is 0 Å². The molecule has 32 heavy (non-hydrogen) atoms. The van der Waals surface area contributed by atoms with Gasteiger partial charge in [-0.2, -0.15) is 0 Å². The van der Waals surface area contributed by atoms with Crippen molar-refractivity contribution in [3.8, 4) is 0 Å². The number of nitrogens with one attached hydrogen (secondary N) is 3. The molecule has 2 amide bonds. The Bertz CT molecular complexity index is 926. The Balaban J connectivity index is 0.00000363. The van der Waals surface area contributed by atoms with E-state index in [1.807, 2.05) is 25.1 Å². The highest BCUT2D eigenvalue weighted by atomic mass is 127. The molecule has 0 atom stereocenters. The molecule has 1 aliphatic heterocycles. The van der Waals surface area contributed by atoms with Crippen molar-refractivity contribution in [3.63, 3.8) is 0 Å². The third-order valence-corrected chi connectivity index (χ3v) is 4.89. The molecule has 0 aliphatic carbocycles. The highest BCUT2D eigenvalue weighted by Crippen LogP contribution is 2.14. The van der Waals surface area contributed by atoms with Gasteiger partial charge >= 0.3 is 0 Å². The van der Waals surface area contributed by atoms with Crippen molar-refractivity contribution in [3.05, 3.63) is 52.9 Å². The number of piperazine rings is 1. The smallest absolute Gasteiger partial charge is 0.254 e. The number of aromatic nitrogens is 1. The second kappa shape index (κ2) is 12.4. The average molecular weight is 554 g/mol. The lowest BCUT2D eigenvalue weighted by molar-refractivity contribution is -0.123. The average Bonchev–Trinajstić information content (AvgIpc) is 3.25. The van der Waals surface area contributed by atoms with Gasteiger partial charge in [-0.05, 0) is 30.5 Å². The van der Waals surface area contributed by atoms with Crippen LogP contribution in [0.5, 0.6) is 0 Å². The molecule has 10 heteroatoms. The van der Waals surface area contributed by atoms with E-state index in [1.54, 1.807) is 17.0 Å². The molecular weight excluding hydrogens is 523 g/mol. The van der Waals surface area contributed by atoms with Gasteiger partial charge in [0.25, 0.3) is 5.91 Å². The van der Waals surface area contributed by atoms with Crippen LogP contribution in [0.15, 0.2) is 39.8 Å². The Morgan fingerprint density at radius 1 is 1.28 bits per heavy atom. The molecule has 2 aromatic rings. The molecule has 0 saturated carbocycles. The lowest BCUT2D eigenvalue weighted by Gasteiger charge is -2.26. The quantitative estimate of drug-likeness (QED) is 0.275. The zero-order valence-corrected chi connectivity index (χ0v) is 21.0. The summed E-state index contributed by atoms with van der Waals surface area (Å²) < 4.78 is 5.35. The van der Waals surface area contributed by atoms with Gasteiger partial charge in [0, 0.05) is 31.3 Å². The summed E-state index contributed by atoms with van der Waals surface area (Å²) in [7, 11) is 0. The first-order chi connectivity index (χ1) is 15.0. The maximum absolute atomic E-state index is 12.6. The summed E-state index contributed by atoms with van der Waals surface area (Å²) in [5.41, 5.74) is 2.48. The molecule has 0 bridgehead atoms. The van der Waals surface area contributed by atoms with Crippen molar-refractivity contribution in [1.29, 1.82) is 0 Å². The van der Waals surface area contributed by atoms with Crippen molar-refractivity contribution in [2.45, 2.75) is 39.8 Å². The SMILES string of the molecule is CCNC(=NCc1ccc(C(=O)N2CCNC(=O)C2)cc1)NCc1cc(C(C)C)no1.I. The first-order valence-corrected chi connectivity index (χ1v) is 10.6. The number of carbonyl (C=O) groups is 2. The predicted octanol–water partition coefficient (Wildman–Crippen LogP) is 2.24. The van der Waals surface area contributed by atoms with Crippen molar-refractivity contribution >= 4 is 41.8 Å². The second-order valence-corrected chi connectivity index (χ2v) is 7.70. The monoisotopic (exact) mass is 554 g/mol. The Morgan fingerprint density at radius 3 is 2.66 bits per heavy atom. The summed E-state index contributed by atoms with van der Waals surface area (Å²) in [6, 6.07) is 9.28. The number of amides is 2. The molecule has 0 unspecified atom stereocenters. The highest BCUT2D eigenvalue weighted by molar-refractivity contribution is 14.0. The van der Waals surface area contributed by atoms with Crippen LogP contribution in [-0.2, 0) is 17.9 Å². The van der Waals surface area contributed by atoms with Gasteiger partial charge in [-0.3, -0.25) is 9.59 Å². The normalized spacial score (nSPS) is 14.1. The number of aliphatic imine (C=N–C) groups is 1. The van der Waals surface area contributed by atoms with Crippen LogP contribution in [-0.4, -0.2) is 54.0 Å². The molecule has 2 heterocycles. The van der Waals surface area contributed by atoms with E-state index in [0.717, 1.165) is 23.6 Å². The van der Waals surface area contributed by atoms with Crippen LogP contribution < -0.4 is 16.0 Å². The minimum atomic E-state index is -0.132. The Morgan fingerprint density at radius 2 is 2.03 bits per heavy atom. The van der Waals surface area contributed by atoms with Gasteiger partial charge in [0.2, 0.25) is 5.91 Å². The topological polar surface area (TPSA) is 112 Å². The molecular formula is C22H31IN6O3. The Labute approximate surface area is 205 Å². The third kappa shape index (κ3) is 7.21. The molecule has 0 spiro atoms. The molecule has 3 N–H and O–H groups in total. The summed E-state index contributed by atoms with van der Waals surface area (Å²) in [5, 5.41) is 13.2. The molecule has 1 aromatic heterocycles. The minimum absolute atomic E-state index is 0. The lowest BCUT2D eigenvalue weighted by atomic mass is 10.1. The van der Waals surface area contributed by atoms with Crippen LogP contribution in [0.1, 0.15) is 54.1 Å². The molecule has 174 valence electrons. The molecule has 1 fully saturated rings. The van der Waals surface area contributed by atoms with E-state index in [0.29, 0.717) is 43.6 Å². The van der Waals surface area contributed by atoms with Gasteiger partial charge in [-0.15, -0.1) is 24.0 Å². The molecule has 1 saturated heterocycles. The van der Waals surface area contributed by atoms with Crippen LogP contribution in [0.4, 0.5) is 0 Å². The standard InChI is InChI=1S/C22H30N6O3.HI/c1-4-23-22(26-13-18-11-19(15(2)3)27-31-18)25-12-16-5-7-17(8-6-16)21(30)28-10-9-24-20(29)14-28;/h5-8,11,15H,4,9-10,12-14H2,1-3H3,(H,24,29)(H2,23,25,26);1H. The first-order valence-electron chi connectivity index (χ1n) is 10.6. The maximum Gasteiger partial charge on any atom is 0.254 e. The largest absolute Gasteiger partial charge is 0.359 e. The zero-order valence-electron chi connectivity index (χ0n) is 18.7. The van der Waals surface area contributed by atoms with Gasteiger partial charge in [0.15, 0.2) is 11.7 Å². The van der Waals surface area contributed by atoms with Gasteiger partial charge < -0.3 is 25.4 Å². The fraction of sp³-hybridized carbons (Fsp3) is 0.455. The number of hydrogen-bond donors (Lipinski definition) is 3. The third-order valence-electron chi connectivity index (χ3n) is 4.89. The van der Waals surface area contributed by atoms with E-state index >= 15 is 0 Å². The number of benzene rings is 1. The van der Waals surface area contributed by atoms with Crippen molar-refractivity contribution in [2.24, 2.45) is 4.99 Å². The number of halogens is 1. The van der Waals surface area contributed by atoms with Crippen molar-refractivity contribution < 1.29 is 14.1 Å². The Hall–Kier alpha value is -2.63. The van der Waals surface area contributed by atoms with Crippen molar-refractivity contribution in [2.75, 3.05) is 26.2 Å². The number of guanidine groups is 1. The van der Waals surface area contributed by atoms with Gasteiger partial charge in [0.1, 0.15) is 0 Å². The van der Waals surface area contributed by atoms with Crippen molar-refractivity contribution in [1.82, 2.24) is 26.0 Å². The number of nitrogens with zero attached hydrogens (tertiary/aromatic N) is 3. The summed E-state index contributed by atoms with van der Waals surface area (Å²) >= 11 is 0. The highest BCUT2D eigenvalue weighted by Gasteiger charge is 2.22. The fourth-order valence-electron chi connectivity index (χ4n) is 3.11. The van der Waals surface area contributed by atoms with E-state index in [1.165, 1.54) is 0 Å². The summed E-state index contributed by atoms with van der Waals surface area (Å²) in [6.07, 6.45) is 0. The first kappa shape index (κ1) is 25.6. The predicted molar refractivity (Wildman–Crippen MR) is 133 cm³/mol. The maximum atomic E-state index is 12.6. The fourth-order valence-corrected chi connectivity index (χ4v) is 3.11.